The minimum absolute atomic E-state index is 0.767. The average molecular weight is 331 g/mol. The molecule has 4 heteroatoms. The number of hydrogen-bond donors (Lipinski definition) is 0. The van der Waals surface area contributed by atoms with E-state index >= 15 is 0 Å². The molecule has 0 bridgehead atoms. The van der Waals surface area contributed by atoms with Crippen LogP contribution in [0, 0.1) is 0 Å². The van der Waals surface area contributed by atoms with Gasteiger partial charge in [0.2, 0.25) is 0 Å². The maximum atomic E-state index is 6.23. The van der Waals surface area contributed by atoms with Gasteiger partial charge in [-0.25, -0.2) is 4.98 Å². The Kier molecular flexibility index (Phi) is 3.88. The van der Waals surface area contributed by atoms with Gasteiger partial charge in [0.25, 0.3) is 0 Å². The first-order chi connectivity index (χ1) is 12.2. The fourth-order valence-corrected chi connectivity index (χ4v) is 3.40. The topological polar surface area (TPSA) is 41.6 Å². The molecule has 0 saturated carbocycles. The van der Waals surface area contributed by atoms with Gasteiger partial charge in [-0.05, 0) is 26.0 Å². The van der Waals surface area contributed by atoms with E-state index in [0.717, 1.165) is 57.5 Å². The van der Waals surface area contributed by atoms with Gasteiger partial charge in [0, 0.05) is 48.7 Å². The van der Waals surface area contributed by atoms with Crippen LogP contribution in [-0.4, -0.2) is 25.1 Å². The summed E-state index contributed by atoms with van der Waals surface area (Å²) in [6, 6.07) is 16.4. The van der Waals surface area contributed by atoms with Crippen molar-refractivity contribution in [2.24, 2.45) is 4.99 Å². The molecule has 0 N–H and O–H groups in total. The Morgan fingerprint density at radius 1 is 1.00 bits per heavy atom. The van der Waals surface area contributed by atoms with Crippen LogP contribution in [0.1, 0.15) is 13.8 Å². The van der Waals surface area contributed by atoms with E-state index in [9.17, 15) is 0 Å². The Hall–Kier alpha value is -2.88. The number of aromatic nitrogens is 1. The second-order valence-corrected chi connectivity index (χ2v) is 6.05. The molecule has 2 aliphatic rings. The Morgan fingerprint density at radius 2 is 1.76 bits per heavy atom. The molecule has 0 aromatic heterocycles. The number of benzene rings is 3. The van der Waals surface area contributed by atoms with Crippen LogP contribution in [0.15, 0.2) is 57.9 Å². The van der Waals surface area contributed by atoms with Crippen molar-refractivity contribution >= 4 is 27.6 Å². The summed E-state index contributed by atoms with van der Waals surface area (Å²) in [4.78, 5) is 11.6. The number of rotatable bonds is 3. The van der Waals surface area contributed by atoms with Crippen LogP contribution in [-0.2, 0) is 0 Å². The van der Waals surface area contributed by atoms with Crippen LogP contribution in [0.4, 0.5) is 5.69 Å². The molecule has 1 heterocycles. The zero-order chi connectivity index (χ0) is 17.4. The summed E-state index contributed by atoms with van der Waals surface area (Å²) in [7, 11) is 1.81. The Labute approximate surface area is 146 Å². The van der Waals surface area contributed by atoms with Crippen molar-refractivity contribution in [2.45, 2.75) is 13.8 Å². The maximum Gasteiger partial charge on any atom is 0.155 e. The predicted octanol–water partition coefficient (Wildman–Crippen LogP) is 4.46. The lowest BCUT2D eigenvalue weighted by Crippen LogP contribution is -2.21. The van der Waals surface area contributed by atoms with Gasteiger partial charge in [-0.15, -0.1) is 0 Å². The van der Waals surface area contributed by atoms with Gasteiger partial charge in [0.05, 0.1) is 5.36 Å². The molecule has 0 amide bonds. The quantitative estimate of drug-likeness (QED) is 0.411. The number of hydrogen-bond acceptors (Lipinski definition) is 4. The minimum Gasteiger partial charge on any atom is -0.453 e. The van der Waals surface area contributed by atoms with E-state index in [-0.39, 0.29) is 0 Å². The van der Waals surface area contributed by atoms with E-state index < -0.39 is 0 Å². The zero-order valence-electron chi connectivity index (χ0n) is 14.8. The van der Waals surface area contributed by atoms with Crippen LogP contribution in [0.5, 0.6) is 0 Å². The first-order valence-corrected chi connectivity index (χ1v) is 8.69. The molecule has 0 spiro atoms. The summed E-state index contributed by atoms with van der Waals surface area (Å²) in [6.07, 6.45) is 0. The fraction of sp³-hybridized carbons (Fsp3) is 0.238. The summed E-state index contributed by atoms with van der Waals surface area (Å²) < 4.78 is 6.23. The number of nitrogens with zero attached hydrogens (tertiary/aromatic N) is 3. The van der Waals surface area contributed by atoms with Gasteiger partial charge < -0.3 is 9.32 Å². The van der Waals surface area contributed by atoms with Crippen molar-refractivity contribution in [3.63, 3.8) is 0 Å². The molecule has 0 fully saturated rings. The van der Waals surface area contributed by atoms with Crippen molar-refractivity contribution in [1.82, 2.24) is 4.98 Å². The van der Waals surface area contributed by atoms with Gasteiger partial charge in [-0.2, -0.15) is 0 Å². The molecule has 0 radical (unpaired) electrons. The molecule has 2 aromatic rings. The first-order valence-electron chi connectivity index (χ1n) is 8.69. The predicted molar refractivity (Wildman–Crippen MR) is 103 cm³/mol. The molecule has 126 valence electrons. The number of fused-ring (bicyclic) bond motifs is 4. The van der Waals surface area contributed by atoms with E-state index in [2.05, 4.69) is 48.0 Å². The second-order valence-electron chi connectivity index (χ2n) is 6.05. The van der Waals surface area contributed by atoms with Crippen molar-refractivity contribution in [2.75, 3.05) is 25.0 Å². The van der Waals surface area contributed by atoms with Crippen molar-refractivity contribution in [3.05, 3.63) is 53.9 Å². The van der Waals surface area contributed by atoms with Crippen LogP contribution in [0.2, 0.25) is 0 Å². The van der Waals surface area contributed by atoms with E-state index in [4.69, 9.17) is 9.40 Å². The highest BCUT2D eigenvalue weighted by molar-refractivity contribution is 5.96. The summed E-state index contributed by atoms with van der Waals surface area (Å²) in [5.41, 5.74) is 3.71. The first kappa shape index (κ1) is 15.6. The second kappa shape index (κ2) is 6.20. The van der Waals surface area contributed by atoms with Crippen LogP contribution >= 0.6 is 0 Å². The van der Waals surface area contributed by atoms with Crippen molar-refractivity contribution < 1.29 is 4.42 Å². The zero-order valence-corrected chi connectivity index (χ0v) is 14.8. The summed E-state index contributed by atoms with van der Waals surface area (Å²) in [6.45, 7) is 6.24. The maximum absolute atomic E-state index is 6.23. The van der Waals surface area contributed by atoms with Gasteiger partial charge in [0.15, 0.2) is 11.3 Å². The molecular formula is C21H21N3O. The minimum atomic E-state index is 0.767. The smallest absolute Gasteiger partial charge is 0.155 e. The summed E-state index contributed by atoms with van der Waals surface area (Å²) in [5.74, 6) is 0.767. The molecule has 4 nitrogen and oxygen atoms in total. The van der Waals surface area contributed by atoms with Gasteiger partial charge in [0.1, 0.15) is 11.2 Å². The monoisotopic (exact) mass is 331 g/mol. The third-order valence-corrected chi connectivity index (χ3v) is 4.72. The SMILES string of the molecule is CCN(CC)c1ccc2nc3c4ccccc4c(=NC)cc-3oc2c1. The molecule has 0 saturated heterocycles. The largest absolute Gasteiger partial charge is 0.453 e. The lowest BCUT2D eigenvalue weighted by molar-refractivity contribution is 0.613. The Morgan fingerprint density at radius 3 is 2.48 bits per heavy atom. The Bertz CT molecular complexity index is 1090. The van der Waals surface area contributed by atoms with Crippen molar-refractivity contribution in [1.29, 1.82) is 0 Å². The van der Waals surface area contributed by atoms with Crippen LogP contribution in [0.25, 0.3) is 33.3 Å². The highest BCUT2D eigenvalue weighted by Gasteiger charge is 2.15. The summed E-state index contributed by atoms with van der Waals surface area (Å²) >= 11 is 0. The molecule has 4 rings (SSSR count). The van der Waals surface area contributed by atoms with Gasteiger partial charge >= 0.3 is 0 Å². The lowest BCUT2D eigenvalue weighted by atomic mass is 10.0. The molecule has 25 heavy (non-hydrogen) atoms. The van der Waals surface area contributed by atoms with Crippen LogP contribution in [0.3, 0.4) is 0 Å². The third-order valence-electron chi connectivity index (χ3n) is 4.72. The average Bonchev–Trinajstić information content (AvgIpc) is 2.66. The molecule has 0 unspecified atom stereocenters. The molecule has 2 aromatic carbocycles. The molecule has 1 aliphatic carbocycles. The normalized spacial score (nSPS) is 12.4. The van der Waals surface area contributed by atoms with E-state index in [1.54, 1.807) is 7.05 Å². The standard InChI is InChI=1S/C21H21N3O/c1-4-24(5-2)14-10-11-17-19(12-14)25-20-13-18(22-3)15-8-6-7-9-16(15)21(20)23-17/h6-13H,4-5H2,1-3H3. The van der Waals surface area contributed by atoms with Gasteiger partial charge in [-0.1, -0.05) is 24.3 Å². The van der Waals surface area contributed by atoms with Crippen LogP contribution < -0.4 is 10.3 Å². The Balaban J connectivity index is 2.04. The molecule has 0 atom stereocenters. The molecule has 1 aliphatic heterocycles. The van der Waals surface area contributed by atoms with E-state index in [1.165, 1.54) is 0 Å². The lowest BCUT2D eigenvalue weighted by Gasteiger charge is -2.21. The highest BCUT2D eigenvalue weighted by atomic mass is 16.3. The van der Waals surface area contributed by atoms with Crippen molar-refractivity contribution in [3.8, 4) is 11.5 Å². The highest BCUT2D eigenvalue weighted by Crippen LogP contribution is 2.31. The summed E-state index contributed by atoms with van der Waals surface area (Å²) in [5, 5.41) is 3.09. The third kappa shape index (κ3) is 2.54. The van der Waals surface area contributed by atoms with E-state index in [1.807, 2.05) is 24.3 Å². The van der Waals surface area contributed by atoms with E-state index in [0.29, 0.717) is 0 Å². The van der Waals surface area contributed by atoms with Gasteiger partial charge in [-0.3, -0.25) is 4.99 Å². The number of anilines is 1. The fourth-order valence-electron chi connectivity index (χ4n) is 3.40. The molecular weight excluding hydrogens is 310 g/mol.